The molecule has 0 unspecified atom stereocenters. The van der Waals surface area contributed by atoms with Gasteiger partial charge >= 0.3 is 0 Å². The highest BCUT2D eigenvalue weighted by Gasteiger charge is 2.07. The van der Waals surface area contributed by atoms with Crippen LogP contribution in [0.15, 0.2) is 33.4 Å². The number of halogens is 1. The Labute approximate surface area is 91.4 Å². The summed E-state index contributed by atoms with van der Waals surface area (Å²) >= 11 is 3.53. The Morgan fingerprint density at radius 2 is 2.29 bits per heavy atom. The molecule has 0 saturated carbocycles. The molecule has 0 amide bonds. The first-order chi connectivity index (χ1) is 6.83. The third-order valence-corrected chi connectivity index (χ3v) is 2.85. The van der Waals surface area contributed by atoms with Gasteiger partial charge in [-0.1, -0.05) is 28.9 Å². The SMILES string of the molecule is CCNCc1coc2cccc(Br)c12. The monoisotopic (exact) mass is 253 g/mol. The van der Waals surface area contributed by atoms with Crippen molar-refractivity contribution in [2.75, 3.05) is 6.54 Å². The lowest BCUT2D eigenvalue weighted by Crippen LogP contribution is -2.11. The van der Waals surface area contributed by atoms with Crippen LogP contribution >= 0.6 is 15.9 Å². The average Bonchev–Trinajstić information content (AvgIpc) is 2.59. The molecule has 3 heteroatoms. The van der Waals surface area contributed by atoms with Gasteiger partial charge < -0.3 is 9.73 Å². The first-order valence-electron chi connectivity index (χ1n) is 4.68. The Hall–Kier alpha value is -0.800. The van der Waals surface area contributed by atoms with Crippen LogP contribution in [0, 0.1) is 0 Å². The van der Waals surface area contributed by atoms with E-state index in [1.54, 1.807) is 0 Å². The van der Waals surface area contributed by atoms with E-state index in [1.807, 2.05) is 24.5 Å². The fourth-order valence-electron chi connectivity index (χ4n) is 1.50. The van der Waals surface area contributed by atoms with Gasteiger partial charge in [0, 0.05) is 22.0 Å². The Balaban J connectivity index is 2.45. The second-order valence-electron chi connectivity index (χ2n) is 3.15. The van der Waals surface area contributed by atoms with Crippen molar-refractivity contribution in [3.8, 4) is 0 Å². The summed E-state index contributed by atoms with van der Waals surface area (Å²) in [6.07, 6.45) is 1.82. The Bertz CT molecular complexity index is 436. The lowest BCUT2D eigenvalue weighted by atomic mass is 10.2. The molecule has 0 aliphatic carbocycles. The van der Waals surface area contributed by atoms with Crippen LogP contribution in [0.25, 0.3) is 11.0 Å². The summed E-state index contributed by atoms with van der Waals surface area (Å²) in [6.45, 7) is 3.92. The maximum absolute atomic E-state index is 5.46. The highest BCUT2D eigenvalue weighted by molar-refractivity contribution is 9.10. The minimum atomic E-state index is 0.853. The molecule has 14 heavy (non-hydrogen) atoms. The topological polar surface area (TPSA) is 25.2 Å². The molecule has 2 aromatic rings. The van der Waals surface area contributed by atoms with Crippen LogP contribution in [0.1, 0.15) is 12.5 Å². The number of benzene rings is 1. The first kappa shape index (κ1) is 9.74. The zero-order chi connectivity index (χ0) is 9.97. The molecule has 0 fully saturated rings. The number of hydrogen-bond acceptors (Lipinski definition) is 2. The van der Waals surface area contributed by atoms with E-state index in [1.165, 1.54) is 10.9 Å². The summed E-state index contributed by atoms with van der Waals surface area (Å²) in [7, 11) is 0. The van der Waals surface area contributed by atoms with Gasteiger partial charge in [-0.3, -0.25) is 0 Å². The summed E-state index contributed by atoms with van der Waals surface area (Å²) < 4.78 is 6.55. The van der Waals surface area contributed by atoms with Gasteiger partial charge in [0.2, 0.25) is 0 Å². The van der Waals surface area contributed by atoms with E-state index in [0.29, 0.717) is 0 Å². The van der Waals surface area contributed by atoms with Gasteiger partial charge in [0.25, 0.3) is 0 Å². The molecule has 0 saturated heterocycles. The molecule has 0 spiro atoms. The highest BCUT2D eigenvalue weighted by Crippen LogP contribution is 2.28. The van der Waals surface area contributed by atoms with E-state index in [2.05, 4.69) is 28.2 Å². The number of furan rings is 1. The molecule has 2 rings (SSSR count). The van der Waals surface area contributed by atoms with Gasteiger partial charge in [0.15, 0.2) is 0 Å². The van der Waals surface area contributed by atoms with Gasteiger partial charge in [-0.2, -0.15) is 0 Å². The van der Waals surface area contributed by atoms with Crippen molar-refractivity contribution in [2.24, 2.45) is 0 Å². The van der Waals surface area contributed by atoms with Crippen molar-refractivity contribution >= 4 is 26.9 Å². The Morgan fingerprint density at radius 3 is 3.07 bits per heavy atom. The summed E-state index contributed by atoms with van der Waals surface area (Å²) in [5.74, 6) is 0. The Kier molecular flexibility index (Phi) is 2.89. The number of fused-ring (bicyclic) bond motifs is 1. The largest absolute Gasteiger partial charge is 0.464 e. The molecule has 0 atom stereocenters. The summed E-state index contributed by atoms with van der Waals surface area (Å²) in [5, 5.41) is 4.46. The summed E-state index contributed by atoms with van der Waals surface area (Å²) in [4.78, 5) is 0. The molecular formula is C11H12BrNO. The third-order valence-electron chi connectivity index (χ3n) is 2.19. The number of nitrogens with one attached hydrogen (secondary N) is 1. The maximum atomic E-state index is 5.46. The second kappa shape index (κ2) is 4.15. The van der Waals surface area contributed by atoms with Crippen LogP contribution in [0.2, 0.25) is 0 Å². The third kappa shape index (κ3) is 1.70. The van der Waals surface area contributed by atoms with E-state index in [-0.39, 0.29) is 0 Å². The summed E-state index contributed by atoms with van der Waals surface area (Å²) in [6, 6.07) is 6.00. The first-order valence-corrected chi connectivity index (χ1v) is 5.47. The van der Waals surface area contributed by atoms with Crippen LogP contribution in [-0.2, 0) is 6.54 Å². The fourth-order valence-corrected chi connectivity index (χ4v) is 2.10. The van der Waals surface area contributed by atoms with Crippen LogP contribution in [0.3, 0.4) is 0 Å². The molecule has 1 aromatic carbocycles. The quantitative estimate of drug-likeness (QED) is 0.909. The van der Waals surface area contributed by atoms with Gasteiger partial charge in [0.05, 0.1) is 6.26 Å². The predicted molar refractivity (Wildman–Crippen MR) is 61.3 cm³/mol. The minimum absolute atomic E-state index is 0.853. The van der Waals surface area contributed by atoms with Crippen LogP contribution in [0.5, 0.6) is 0 Å². The van der Waals surface area contributed by atoms with E-state index in [4.69, 9.17) is 4.42 Å². The van der Waals surface area contributed by atoms with Gasteiger partial charge in [-0.15, -0.1) is 0 Å². The van der Waals surface area contributed by atoms with Crippen molar-refractivity contribution in [3.05, 3.63) is 34.5 Å². The van der Waals surface area contributed by atoms with Gasteiger partial charge in [-0.05, 0) is 18.7 Å². The molecule has 1 N–H and O–H groups in total. The molecule has 1 aromatic heterocycles. The van der Waals surface area contributed by atoms with Crippen molar-refractivity contribution in [3.63, 3.8) is 0 Å². The average molecular weight is 254 g/mol. The van der Waals surface area contributed by atoms with E-state index >= 15 is 0 Å². The standard InChI is InChI=1S/C11H12BrNO/c1-2-13-6-8-7-14-10-5-3-4-9(12)11(8)10/h3-5,7,13H,2,6H2,1H3. The van der Waals surface area contributed by atoms with Gasteiger partial charge in [0.1, 0.15) is 5.58 Å². The van der Waals surface area contributed by atoms with Crippen LogP contribution in [-0.4, -0.2) is 6.54 Å². The van der Waals surface area contributed by atoms with Crippen molar-refractivity contribution in [1.29, 1.82) is 0 Å². The van der Waals surface area contributed by atoms with E-state index in [0.717, 1.165) is 23.1 Å². The van der Waals surface area contributed by atoms with Crippen LogP contribution in [0.4, 0.5) is 0 Å². The minimum Gasteiger partial charge on any atom is -0.464 e. The fraction of sp³-hybridized carbons (Fsp3) is 0.273. The molecule has 0 bridgehead atoms. The Morgan fingerprint density at radius 1 is 1.43 bits per heavy atom. The van der Waals surface area contributed by atoms with E-state index < -0.39 is 0 Å². The van der Waals surface area contributed by atoms with Crippen LogP contribution < -0.4 is 5.32 Å². The zero-order valence-corrected chi connectivity index (χ0v) is 9.60. The molecule has 2 nitrogen and oxygen atoms in total. The molecular weight excluding hydrogens is 242 g/mol. The smallest absolute Gasteiger partial charge is 0.135 e. The molecule has 0 aliphatic rings. The number of hydrogen-bond donors (Lipinski definition) is 1. The predicted octanol–water partition coefficient (Wildman–Crippen LogP) is 3.30. The van der Waals surface area contributed by atoms with Gasteiger partial charge in [-0.25, -0.2) is 0 Å². The second-order valence-corrected chi connectivity index (χ2v) is 4.01. The normalized spacial score (nSPS) is 11.0. The maximum Gasteiger partial charge on any atom is 0.135 e. The molecule has 0 radical (unpaired) electrons. The molecule has 0 aliphatic heterocycles. The summed E-state index contributed by atoms with van der Waals surface area (Å²) in [5.41, 5.74) is 2.14. The molecule has 1 heterocycles. The number of rotatable bonds is 3. The molecule has 74 valence electrons. The van der Waals surface area contributed by atoms with Crippen molar-refractivity contribution in [2.45, 2.75) is 13.5 Å². The van der Waals surface area contributed by atoms with E-state index in [9.17, 15) is 0 Å². The lowest BCUT2D eigenvalue weighted by molar-refractivity contribution is 0.604. The lowest BCUT2D eigenvalue weighted by Gasteiger charge is -1.99. The highest BCUT2D eigenvalue weighted by atomic mass is 79.9. The van der Waals surface area contributed by atoms with Crippen molar-refractivity contribution < 1.29 is 4.42 Å². The van der Waals surface area contributed by atoms with Crippen molar-refractivity contribution in [1.82, 2.24) is 5.32 Å². The zero-order valence-electron chi connectivity index (χ0n) is 8.01.